The predicted molar refractivity (Wildman–Crippen MR) is 76.2 cm³/mol. The van der Waals surface area contributed by atoms with E-state index in [0.717, 1.165) is 12.4 Å². The van der Waals surface area contributed by atoms with Gasteiger partial charge < -0.3 is 4.52 Å². The number of nitrogens with zero attached hydrogens (tertiary/aromatic N) is 5. The topological polar surface area (TPSA) is 60.0 Å². The Hall–Kier alpha value is -1.69. The summed E-state index contributed by atoms with van der Waals surface area (Å²) in [6.07, 6.45) is 3.99. The molecule has 2 aromatic heterocycles. The Morgan fingerprint density at radius 2 is 2.00 bits per heavy atom. The molecular formula is C14H23N5O. The van der Waals surface area contributed by atoms with E-state index in [0.29, 0.717) is 18.5 Å². The van der Waals surface area contributed by atoms with Gasteiger partial charge in [-0.05, 0) is 20.9 Å². The zero-order chi connectivity index (χ0) is 14.7. The maximum absolute atomic E-state index is 5.21. The first-order valence-electron chi connectivity index (χ1n) is 6.99. The standard InChI is InChI=1S/C14H23N5O/c1-10(2)14-16-13(17-20-14)9-18(5)7-12-6-15-19(8-12)11(3)4/h6,8,10-11H,7,9H2,1-5H3. The molecule has 6 heteroatoms. The highest BCUT2D eigenvalue weighted by Crippen LogP contribution is 2.13. The second kappa shape index (κ2) is 6.17. The van der Waals surface area contributed by atoms with Gasteiger partial charge in [-0.1, -0.05) is 19.0 Å². The Balaban J connectivity index is 1.92. The third-order valence-electron chi connectivity index (χ3n) is 3.03. The Bertz CT molecular complexity index is 495. The lowest BCUT2D eigenvalue weighted by Crippen LogP contribution is -2.17. The molecule has 2 heterocycles. The maximum Gasteiger partial charge on any atom is 0.229 e. The van der Waals surface area contributed by atoms with Crippen molar-refractivity contribution < 1.29 is 4.52 Å². The van der Waals surface area contributed by atoms with Gasteiger partial charge in [0.15, 0.2) is 5.82 Å². The van der Waals surface area contributed by atoms with Crippen molar-refractivity contribution in [3.63, 3.8) is 0 Å². The highest BCUT2D eigenvalue weighted by Gasteiger charge is 2.12. The normalized spacial score (nSPS) is 12.0. The minimum Gasteiger partial charge on any atom is -0.339 e. The van der Waals surface area contributed by atoms with E-state index in [1.54, 1.807) is 0 Å². The van der Waals surface area contributed by atoms with Crippen molar-refractivity contribution in [2.24, 2.45) is 0 Å². The third kappa shape index (κ3) is 3.66. The van der Waals surface area contributed by atoms with Crippen molar-refractivity contribution in [1.29, 1.82) is 0 Å². The van der Waals surface area contributed by atoms with Crippen molar-refractivity contribution in [3.8, 4) is 0 Å². The van der Waals surface area contributed by atoms with Gasteiger partial charge in [-0.3, -0.25) is 9.58 Å². The molecule has 0 fully saturated rings. The molecule has 0 radical (unpaired) electrons. The molecule has 2 aromatic rings. The summed E-state index contributed by atoms with van der Waals surface area (Å²) in [5, 5.41) is 8.35. The van der Waals surface area contributed by atoms with E-state index in [1.807, 2.05) is 31.8 Å². The summed E-state index contributed by atoms with van der Waals surface area (Å²) >= 11 is 0. The van der Waals surface area contributed by atoms with Gasteiger partial charge in [-0.2, -0.15) is 10.1 Å². The minimum atomic E-state index is 0.269. The fourth-order valence-electron chi connectivity index (χ4n) is 1.92. The summed E-state index contributed by atoms with van der Waals surface area (Å²) in [6, 6.07) is 0.389. The Morgan fingerprint density at radius 1 is 1.25 bits per heavy atom. The SMILES string of the molecule is CC(C)c1nc(CN(C)Cc2cnn(C(C)C)c2)no1. The van der Waals surface area contributed by atoms with E-state index < -0.39 is 0 Å². The van der Waals surface area contributed by atoms with Crippen LogP contribution in [-0.2, 0) is 13.1 Å². The smallest absolute Gasteiger partial charge is 0.229 e. The molecule has 0 unspecified atom stereocenters. The van der Waals surface area contributed by atoms with E-state index in [-0.39, 0.29) is 5.92 Å². The zero-order valence-electron chi connectivity index (χ0n) is 12.9. The van der Waals surface area contributed by atoms with E-state index in [1.165, 1.54) is 5.56 Å². The Morgan fingerprint density at radius 3 is 2.55 bits per heavy atom. The molecule has 6 nitrogen and oxygen atoms in total. The predicted octanol–water partition coefficient (Wildman–Crippen LogP) is 2.60. The lowest BCUT2D eigenvalue weighted by molar-refractivity contribution is 0.298. The molecular weight excluding hydrogens is 254 g/mol. The van der Waals surface area contributed by atoms with E-state index in [9.17, 15) is 0 Å². The molecule has 0 aliphatic carbocycles. The van der Waals surface area contributed by atoms with Crippen LogP contribution in [0.5, 0.6) is 0 Å². The van der Waals surface area contributed by atoms with Gasteiger partial charge >= 0.3 is 0 Å². The van der Waals surface area contributed by atoms with Crippen LogP contribution in [0.15, 0.2) is 16.9 Å². The number of hydrogen-bond donors (Lipinski definition) is 0. The molecule has 0 atom stereocenters. The van der Waals surface area contributed by atoms with Gasteiger partial charge in [-0.25, -0.2) is 0 Å². The Labute approximate surface area is 119 Å². The summed E-state index contributed by atoms with van der Waals surface area (Å²) in [5.41, 5.74) is 1.19. The molecule has 0 spiro atoms. The highest BCUT2D eigenvalue weighted by atomic mass is 16.5. The van der Waals surface area contributed by atoms with Gasteiger partial charge in [0.25, 0.3) is 0 Å². The summed E-state index contributed by atoms with van der Waals surface area (Å²) in [5.74, 6) is 1.69. The van der Waals surface area contributed by atoms with Crippen LogP contribution < -0.4 is 0 Å². The van der Waals surface area contributed by atoms with Crippen molar-refractivity contribution in [2.75, 3.05) is 7.05 Å². The monoisotopic (exact) mass is 277 g/mol. The average molecular weight is 277 g/mol. The van der Waals surface area contributed by atoms with Gasteiger partial charge in [-0.15, -0.1) is 0 Å². The highest BCUT2D eigenvalue weighted by molar-refractivity contribution is 5.04. The van der Waals surface area contributed by atoms with Crippen LogP contribution in [0.3, 0.4) is 0 Å². The molecule has 20 heavy (non-hydrogen) atoms. The summed E-state index contributed by atoms with van der Waals surface area (Å²) in [4.78, 5) is 6.53. The molecule has 0 saturated carbocycles. The molecule has 0 aliphatic heterocycles. The largest absolute Gasteiger partial charge is 0.339 e. The molecule has 0 N–H and O–H groups in total. The van der Waals surface area contributed by atoms with Gasteiger partial charge in [0.05, 0.1) is 12.7 Å². The first kappa shape index (κ1) is 14.7. The fourth-order valence-corrected chi connectivity index (χ4v) is 1.92. The maximum atomic E-state index is 5.21. The summed E-state index contributed by atoms with van der Waals surface area (Å²) in [6.45, 7) is 9.81. The van der Waals surface area contributed by atoms with Crippen molar-refractivity contribution in [1.82, 2.24) is 24.8 Å². The molecule has 0 amide bonds. The summed E-state index contributed by atoms with van der Waals surface area (Å²) in [7, 11) is 2.04. The van der Waals surface area contributed by atoms with E-state index in [4.69, 9.17) is 4.52 Å². The number of rotatable bonds is 6. The molecule has 110 valence electrons. The van der Waals surface area contributed by atoms with Crippen molar-refractivity contribution in [3.05, 3.63) is 29.7 Å². The number of aromatic nitrogens is 4. The van der Waals surface area contributed by atoms with Gasteiger partial charge in [0, 0.05) is 30.3 Å². The van der Waals surface area contributed by atoms with Crippen LogP contribution in [0.25, 0.3) is 0 Å². The molecule has 0 aromatic carbocycles. The quantitative estimate of drug-likeness (QED) is 0.812. The zero-order valence-corrected chi connectivity index (χ0v) is 12.9. The average Bonchev–Trinajstić information content (AvgIpc) is 2.98. The van der Waals surface area contributed by atoms with Crippen LogP contribution in [-0.4, -0.2) is 31.9 Å². The second-order valence-electron chi connectivity index (χ2n) is 5.80. The van der Waals surface area contributed by atoms with Gasteiger partial charge in [0.1, 0.15) is 0 Å². The Kier molecular flexibility index (Phi) is 4.54. The lowest BCUT2D eigenvalue weighted by Gasteiger charge is -2.12. The molecule has 0 aliphatic rings. The number of hydrogen-bond acceptors (Lipinski definition) is 5. The van der Waals surface area contributed by atoms with Crippen molar-refractivity contribution >= 4 is 0 Å². The van der Waals surface area contributed by atoms with Crippen LogP contribution in [0, 0.1) is 0 Å². The molecule has 2 rings (SSSR count). The fraction of sp³-hybridized carbons (Fsp3) is 0.643. The first-order valence-corrected chi connectivity index (χ1v) is 6.99. The van der Waals surface area contributed by atoms with E-state index in [2.05, 4.69) is 40.2 Å². The minimum absolute atomic E-state index is 0.269. The molecule has 0 bridgehead atoms. The van der Waals surface area contributed by atoms with Crippen LogP contribution in [0.2, 0.25) is 0 Å². The van der Waals surface area contributed by atoms with E-state index >= 15 is 0 Å². The molecule has 0 saturated heterocycles. The summed E-state index contributed by atoms with van der Waals surface area (Å²) < 4.78 is 7.18. The second-order valence-corrected chi connectivity index (χ2v) is 5.80. The lowest BCUT2D eigenvalue weighted by atomic mass is 10.2. The van der Waals surface area contributed by atoms with Crippen LogP contribution in [0.1, 0.15) is 56.9 Å². The van der Waals surface area contributed by atoms with Crippen LogP contribution in [0.4, 0.5) is 0 Å². The van der Waals surface area contributed by atoms with Crippen molar-refractivity contribution in [2.45, 2.75) is 52.7 Å². The third-order valence-corrected chi connectivity index (χ3v) is 3.03. The van der Waals surface area contributed by atoms with Gasteiger partial charge in [0.2, 0.25) is 5.89 Å². The van der Waals surface area contributed by atoms with Crippen LogP contribution >= 0.6 is 0 Å². The first-order chi connectivity index (χ1) is 9.45.